The Hall–Kier alpha value is -1.26. The van der Waals surface area contributed by atoms with Gasteiger partial charge in [0.05, 0.1) is 19.1 Å². The van der Waals surface area contributed by atoms with E-state index in [4.69, 9.17) is 11.5 Å². The zero-order valence-corrected chi connectivity index (χ0v) is 7.69. The maximum absolute atomic E-state index is 11.1. The predicted molar refractivity (Wildman–Crippen MR) is 49.0 cm³/mol. The van der Waals surface area contributed by atoms with Gasteiger partial charge in [0.2, 0.25) is 0 Å². The van der Waals surface area contributed by atoms with Crippen LogP contribution in [0, 0.1) is 5.92 Å². The van der Waals surface area contributed by atoms with Gasteiger partial charge in [0.1, 0.15) is 0 Å². The fourth-order valence-corrected chi connectivity index (χ4v) is 1.67. The van der Waals surface area contributed by atoms with Crippen LogP contribution in [-0.4, -0.2) is 25.1 Å². The smallest absolute Gasteiger partial charge is 0.308 e. The fourth-order valence-electron chi connectivity index (χ4n) is 1.67. The number of carbonyl (C=O) groups is 1. The van der Waals surface area contributed by atoms with Gasteiger partial charge in [0.15, 0.2) is 5.96 Å². The zero-order valence-electron chi connectivity index (χ0n) is 7.69. The summed E-state index contributed by atoms with van der Waals surface area (Å²) in [6.07, 6.45) is 2.37. The second-order valence-corrected chi connectivity index (χ2v) is 3.24. The molecule has 1 aliphatic carbocycles. The van der Waals surface area contributed by atoms with Gasteiger partial charge in [-0.3, -0.25) is 9.79 Å². The van der Waals surface area contributed by atoms with E-state index < -0.39 is 0 Å². The summed E-state index contributed by atoms with van der Waals surface area (Å²) in [5.74, 6) is -0.0955. The number of aliphatic imine (C=N–C) groups is 1. The molecule has 0 amide bonds. The lowest BCUT2D eigenvalue weighted by atomic mass is 10.1. The Bertz CT molecular complexity index is 223. The maximum Gasteiger partial charge on any atom is 0.308 e. The van der Waals surface area contributed by atoms with Crippen molar-refractivity contribution in [2.24, 2.45) is 22.4 Å². The highest BCUT2D eigenvalue weighted by molar-refractivity contribution is 5.76. The lowest BCUT2D eigenvalue weighted by molar-refractivity contribution is -0.145. The van der Waals surface area contributed by atoms with Crippen molar-refractivity contribution in [1.82, 2.24) is 0 Å². The van der Waals surface area contributed by atoms with E-state index in [0.717, 1.165) is 12.8 Å². The van der Waals surface area contributed by atoms with Gasteiger partial charge in [-0.05, 0) is 19.3 Å². The molecule has 5 heteroatoms. The number of methoxy groups -OCH3 is 1. The van der Waals surface area contributed by atoms with E-state index in [1.807, 2.05) is 0 Å². The Labute approximate surface area is 77.1 Å². The van der Waals surface area contributed by atoms with Gasteiger partial charge in [-0.2, -0.15) is 0 Å². The molecule has 0 spiro atoms. The highest BCUT2D eigenvalue weighted by Gasteiger charge is 2.30. The SMILES string of the molecule is COC(=O)C1CCC(N=C(N)N)C1. The zero-order chi connectivity index (χ0) is 9.84. The Morgan fingerprint density at radius 2 is 2.15 bits per heavy atom. The molecule has 1 rings (SSSR count). The van der Waals surface area contributed by atoms with Crippen molar-refractivity contribution in [1.29, 1.82) is 0 Å². The summed E-state index contributed by atoms with van der Waals surface area (Å²) >= 11 is 0. The molecule has 74 valence electrons. The first-order valence-corrected chi connectivity index (χ1v) is 4.30. The summed E-state index contributed by atoms with van der Waals surface area (Å²) in [7, 11) is 1.40. The number of nitrogens with zero attached hydrogens (tertiary/aromatic N) is 1. The average Bonchev–Trinajstić information content (AvgIpc) is 2.50. The van der Waals surface area contributed by atoms with Gasteiger partial charge < -0.3 is 16.2 Å². The monoisotopic (exact) mass is 185 g/mol. The van der Waals surface area contributed by atoms with E-state index in [1.54, 1.807) is 0 Å². The highest BCUT2D eigenvalue weighted by Crippen LogP contribution is 2.28. The summed E-state index contributed by atoms with van der Waals surface area (Å²) in [5, 5.41) is 0. The van der Waals surface area contributed by atoms with Crippen LogP contribution in [0.3, 0.4) is 0 Å². The molecular formula is C8H15N3O2. The third-order valence-electron chi connectivity index (χ3n) is 2.27. The summed E-state index contributed by atoms with van der Waals surface area (Å²) in [4.78, 5) is 15.1. The van der Waals surface area contributed by atoms with E-state index in [2.05, 4.69) is 9.73 Å². The molecule has 0 aromatic heterocycles. The van der Waals surface area contributed by atoms with Crippen LogP contribution in [0.4, 0.5) is 0 Å². The van der Waals surface area contributed by atoms with E-state index in [0.29, 0.717) is 6.42 Å². The van der Waals surface area contributed by atoms with Gasteiger partial charge in [-0.25, -0.2) is 0 Å². The molecule has 2 atom stereocenters. The normalized spacial score (nSPS) is 26.8. The van der Waals surface area contributed by atoms with Crippen LogP contribution in [0.25, 0.3) is 0 Å². The number of esters is 1. The quantitative estimate of drug-likeness (QED) is 0.348. The molecule has 4 N–H and O–H groups in total. The van der Waals surface area contributed by atoms with E-state index in [9.17, 15) is 4.79 Å². The van der Waals surface area contributed by atoms with Crippen molar-refractivity contribution in [3.8, 4) is 0 Å². The van der Waals surface area contributed by atoms with Crippen molar-refractivity contribution >= 4 is 11.9 Å². The Morgan fingerprint density at radius 3 is 2.69 bits per heavy atom. The highest BCUT2D eigenvalue weighted by atomic mass is 16.5. The summed E-state index contributed by atoms with van der Waals surface area (Å²) < 4.78 is 4.64. The van der Waals surface area contributed by atoms with Crippen LogP contribution in [0.1, 0.15) is 19.3 Å². The Kier molecular flexibility index (Phi) is 3.11. The van der Waals surface area contributed by atoms with Gasteiger partial charge >= 0.3 is 5.97 Å². The minimum Gasteiger partial charge on any atom is -0.469 e. The Morgan fingerprint density at radius 1 is 1.46 bits per heavy atom. The first-order valence-electron chi connectivity index (χ1n) is 4.30. The van der Waals surface area contributed by atoms with Crippen molar-refractivity contribution in [2.75, 3.05) is 7.11 Å². The molecule has 2 unspecified atom stereocenters. The summed E-state index contributed by atoms with van der Waals surface area (Å²) in [6.45, 7) is 0. The number of ether oxygens (including phenoxy) is 1. The minimum absolute atomic E-state index is 0.0295. The number of hydrogen-bond donors (Lipinski definition) is 2. The van der Waals surface area contributed by atoms with Crippen LogP contribution >= 0.6 is 0 Å². The van der Waals surface area contributed by atoms with E-state index in [-0.39, 0.29) is 23.9 Å². The third-order valence-corrected chi connectivity index (χ3v) is 2.27. The molecule has 0 aromatic rings. The van der Waals surface area contributed by atoms with Crippen LogP contribution in [0.5, 0.6) is 0 Å². The first-order chi connectivity index (χ1) is 6.13. The molecule has 0 heterocycles. The number of guanidine groups is 1. The molecule has 13 heavy (non-hydrogen) atoms. The van der Waals surface area contributed by atoms with Crippen molar-refractivity contribution < 1.29 is 9.53 Å². The molecule has 0 aliphatic heterocycles. The first kappa shape index (κ1) is 9.83. The standard InChI is InChI=1S/C8H15N3O2/c1-13-7(12)5-2-3-6(4-5)11-8(9)10/h5-6H,2-4H2,1H3,(H4,9,10,11). The van der Waals surface area contributed by atoms with Gasteiger partial charge in [-0.15, -0.1) is 0 Å². The number of nitrogens with two attached hydrogens (primary N) is 2. The molecule has 1 fully saturated rings. The minimum atomic E-state index is -0.159. The van der Waals surface area contributed by atoms with Crippen LogP contribution < -0.4 is 11.5 Å². The molecule has 0 saturated heterocycles. The molecule has 1 saturated carbocycles. The molecular weight excluding hydrogens is 170 g/mol. The summed E-state index contributed by atoms with van der Waals surface area (Å²) in [6, 6.07) is 0.0918. The van der Waals surface area contributed by atoms with Gasteiger partial charge in [-0.1, -0.05) is 0 Å². The number of hydrogen-bond acceptors (Lipinski definition) is 3. The molecule has 0 aromatic carbocycles. The second-order valence-electron chi connectivity index (χ2n) is 3.24. The lowest BCUT2D eigenvalue weighted by Gasteiger charge is -2.05. The summed E-state index contributed by atoms with van der Waals surface area (Å²) in [5.41, 5.74) is 10.5. The molecule has 5 nitrogen and oxygen atoms in total. The predicted octanol–water partition coefficient (Wildman–Crippen LogP) is -0.398. The van der Waals surface area contributed by atoms with Gasteiger partial charge in [0, 0.05) is 0 Å². The topological polar surface area (TPSA) is 90.7 Å². The van der Waals surface area contributed by atoms with Crippen molar-refractivity contribution in [3.05, 3.63) is 0 Å². The van der Waals surface area contributed by atoms with Crippen molar-refractivity contribution in [2.45, 2.75) is 25.3 Å². The maximum atomic E-state index is 11.1. The van der Waals surface area contributed by atoms with Crippen LogP contribution in [0.2, 0.25) is 0 Å². The number of rotatable bonds is 2. The number of carbonyl (C=O) groups excluding carboxylic acids is 1. The van der Waals surface area contributed by atoms with Crippen LogP contribution in [-0.2, 0) is 9.53 Å². The average molecular weight is 185 g/mol. The van der Waals surface area contributed by atoms with E-state index in [1.165, 1.54) is 7.11 Å². The Balaban J connectivity index is 2.45. The lowest BCUT2D eigenvalue weighted by Crippen LogP contribution is -2.25. The van der Waals surface area contributed by atoms with Gasteiger partial charge in [0.25, 0.3) is 0 Å². The third kappa shape index (κ3) is 2.61. The van der Waals surface area contributed by atoms with Crippen molar-refractivity contribution in [3.63, 3.8) is 0 Å². The van der Waals surface area contributed by atoms with E-state index >= 15 is 0 Å². The molecule has 0 radical (unpaired) electrons. The second kappa shape index (κ2) is 4.11. The largest absolute Gasteiger partial charge is 0.469 e. The molecule has 0 bridgehead atoms. The molecule has 1 aliphatic rings. The van der Waals surface area contributed by atoms with Crippen LogP contribution in [0.15, 0.2) is 4.99 Å². The fraction of sp³-hybridized carbons (Fsp3) is 0.750.